The summed E-state index contributed by atoms with van der Waals surface area (Å²) in [5, 5.41) is 12.4. The molecule has 0 saturated heterocycles. The van der Waals surface area contributed by atoms with E-state index < -0.39 is 22.0 Å². The number of amides is 1. The second-order valence-corrected chi connectivity index (χ2v) is 7.08. The zero-order valence-corrected chi connectivity index (χ0v) is 14.0. The molecule has 2 rings (SSSR count). The molecule has 1 aromatic carbocycles. The molecule has 0 radical (unpaired) electrons. The van der Waals surface area contributed by atoms with E-state index >= 15 is 0 Å². The van der Waals surface area contributed by atoms with Crippen molar-refractivity contribution in [1.29, 1.82) is 0 Å². The van der Waals surface area contributed by atoms with Crippen LogP contribution in [0.2, 0.25) is 0 Å². The highest BCUT2D eigenvalue weighted by Gasteiger charge is 2.14. The summed E-state index contributed by atoms with van der Waals surface area (Å²) in [4.78, 5) is 12.1. The van der Waals surface area contributed by atoms with Crippen molar-refractivity contribution in [3.8, 4) is 0 Å². The molecule has 0 unspecified atom stereocenters. The number of anilines is 1. The first kappa shape index (κ1) is 18.0. The summed E-state index contributed by atoms with van der Waals surface area (Å²) < 4.78 is 31.0. The lowest BCUT2D eigenvalue weighted by Gasteiger charge is -2.11. The first-order valence-electron chi connectivity index (χ1n) is 7.51. The number of nitrogens with one attached hydrogen (secondary N) is 2. The van der Waals surface area contributed by atoms with Gasteiger partial charge in [-0.25, -0.2) is 8.42 Å². The predicted octanol–water partition coefficient (Wildman–Crippen LogP) is 1.89. The number of carbonyl (C=O) groups excluding carboxylic acids is 1. The average Bonchev–Trinajstić information content (AvgIpc) is 3.06. The number of sulfonamides is 1. The van der Waals surface area contributed by atoms with Crippen LogP contribution in [0.3, 0.4) is 0 Å². The molecular weight excluding hydrogens is 332 g/mol. The van der Waals surface area contributed by atoms with E-state index in [1.54, 1.807) is 37.3 Å². The van der Waals surface area contributed by atoms with Gasteiger partial charge in [0.05, 0.1) is 18.6 Å². The Labute approximate surface area is 140 Å². The highest BCUT2D eigenvalue weighted by atomic mass is 32.2. The predicted molar refractivity (Wildman–Crippen MR) is 90.1 cm³/mol. The lowest BCUT2D eigenvalue weighted by atomic mass is 10.2. The van der Waals surface area contributed by atoms with Crippen molar-refractivity contribution < 1.29 is 22.7 Å². The van der Waals surface area contributed by atoms with E-state index in [0.29, 0.717) is 23.4 Å². The maximum Gasteiger partial charge on any atom is 0.251 e. The molecular formula is C16H20N2O5S. The fourth-order valence-electron chi connectivity index (χ4n) is 2.10. The zero-order valence-electron chi connectivity index (χ0n) is 13.2. The molecule has 0 saturated carbocycles. The molecule has 0 fully saturated rings. The summed E-state index contributed by atoms with van der Waals surface area (Å²) in [5.74, 6) is -0.0489. The molecule has 24 heavy (non-hydrogen) atoms. The van der Waals surface area contributed by atoms with Crippen molar-refractivity contribution in [3.05, 3.63) is 54.0 Å². The lowest BCUT2D eigenvalue weighted by molar-refractivity contribution is 0.0901. The fourth-order valence-corrected chi connectivity index (χ4v) is 3.22. The van der Waals surface area contributed by atoms with E-state index in [4.69, 9.17) is 4.42 Å². The Kier molecular flexibility index (Phi) is 5.99. The zero-order chi connectivity index (χ0) is 17.6. The number of aliphatic hydroxyl groups excluding tert-OH is 1. The van der Waals surface area contributed by atoms with Crippen LogP contribution >= 0.6 is 0 Å². The highest BCUT2D eigenvalue weighted by molar-refractivity contribution is 7.92. The summed E-state index contributed by atoms with van der Waals surface area (Å²) in [6, 6.07) is 9.42. The van der Waals surface area contributed by atoms with E-state index in [1.807, 2.05) is 0 Å². The van der Waals surface area contributed by atoms with Crippen molar-refractivity contribution in [1.82, 2.24) is 5.32 Å². The Morgan fingerprint density at radius 3 is 2.75 bits per heavy atom. The third kappa shape index (κ3) is 5.10. The van der Waals surface area contributed by atoms with Gasteiger partial charge in [0.1, 0.15) is 11.9 Å². The van der Waals surface area contributed by atoms with Crippen LogP contribution < -0.4 is 10.0 Å². The summed E-state index contributed by atoms with van der Waals surface area (Å²) in [5.41, 5.74) is 0.612. The topological polar surface area (TPSA) is 109 Å². The summed E-state index contributed by atoms with van der Waals surface area (Å²) >= 11 is 0. The Morgan fingerprint density at radius 1 is 1.29 bits per heavy atom. The van der Waals surface area contributed by atoms with Crippen molar-refractivity contribution in [2.75, 3.05) is 17.0 Å². The largest absolute Gasteiger partial charge is 0.467 e. The van der Waals surface area contributed by atoms with Crippen LogP contribution in [0.1, 0.15) is 35.6 Å². The van der Waals surface area contributed by atoms with Crippen LogP contribution in [-0.4, -0.2) is 31.7 Å². The summed E-state index contributed by atoms with van der Waals surface area (Å²) in [7, 11) is -3.42. The standard InChI is InChI=1S/C16H20N2O5S/c1-2-9-24(21,22)18-13-6-3-5-12(10-13)16(20)17-11-14(19)15-7-4-8-23-15/h3-8,10,14,18-19H,2,9,11H2,1H3,(H,17,20)/t14-/m1/s1. The number of hydrogen-bond donors (Lipinski definition) is 3. The molecule has 1 atom stereocenters. The van der Waals surface area contributed by atoms with Crippen LogP contribution in [0.5, 0.6) is 0 Å². The smallest absolute Gasteiger partial charge is 0.251 e. The molecule has 2 aromatic rings. The normalized spacial score (nSPS) is 12.6. The van der Waals surface area contributed by atoms with Crippen LogP contribution in [0, 0.1) is 0 Å². The van der Waals surface area contributed by atoms with Gasteiger partial charge < -0.3 is 14.8 Å². The van der Waals surface area contributed by atoms with E-state index in [9.17, 15) is 18.3 Å². The molecule has 0 spiro atoms. The molecule has 0 aliphatic rings. The second-order valence-electron chi connectivity index (χ2n) is 5.24. The molecule has 1 aromatic heterocycles. The molecule has 0 aliphatic carbocycles. The van der Waals surface area contributed by atoms with Gasteiger partial charge in [-0.2, -0.15) is 0 Å². The maximum absolute atomic E-state index is 12.1. The molecule has 0 aliphatic heterocycles. The minimum absolute atomic E-state index is 0.0127. The van der Waals surface area contributed by atoms with Gasteiger partial charge in [0.15, 0.2) is 0 Å². The number of hydrogen-bond acceptors (Lipinski definition) is 5. The number of rotatable bonds is 8. The van der Waals surface area contributed by atoms with E-state index in [-0.39, 0.29) is 12.3 Å². The van der Waals surface area contributed by atoms with Crippen LogP contribution in [0.15, 0.2) is 47.1 Å². The van der Waals surface area contributed by atoms with Gasteiger partial charge in [0.2, 0.25) is 10.0 Å². The van der Waals surface area contributed by atoms with Gasteiger partial charge >= 0.3 is 0 Å². The molecule has 7 nitrogen and oxygen atoms in total. The molecule has 8 heteroatoms. The monoisotopic (exact) mass is 352 g/mol. The highest BCUT2D eigenvalue weighted by Crippen LogP contribution is 2.14. The third-order valence-electron chi connectivity index (χ3n) is 3.20. The Balaban J connectivity index is 1.98. The summed E-state index contributed by atoms with van der Waals surface area (Å²) in [6.07, 6.45) is 0.988. The quantitative estimate of drug-likeness (QED) is 0.672. The molecule has 1 amide bonds. The van der Waals surface area contributed by atoms with E-state index in [1.165, 1.54) is 12.3 Å². The first-order chi connectivity index (χ1) is 11.4. The van der Waals surface area contributed by atoms with Crippen LogP contribution in [-0.2, 0) is 10.0 Å². The average molecular weight is 352 g/mol. The van der Waals surface area contributed by atoms with E-state index in [0.717, 1.165) is 0 Å². The first-order valence-corrected chi connectivity index (χ1v) is 9.16. The lowest BCUT2D eigenvalue weighted by Crippen LogP contribution is -2.28. The van der Waals surface area contributed by atoms with Gasteiger partial charge in [-0.05, 0) is 36.8 Å². The second kappa shape index (κ2) is 7.98. The molecule has 3 N–H and O–H groups in total. The minimum Gasteiger partial charge on any atom is -0.467 e. The summed E-state index contributed by atoms with van der Waals surface area (Å²) in [6.45, 7) is 1.76. The Hall–Kier alpha value is -2.32. The number of furan rings is 1. The van der Waals surface area contributed by atoms with Crippen molar-refractivity contribution in [3.63, 3.8) is 0 Å². The molecule has 1 heterocycles. The van der Waals surface area contributed by atoms with Gasteiger partial charge in [0.25, 0.3) is 5.91 Å². The van der Waals surface area contributed by atoms with Gasteiger partial charge in [-0.15, -0.1) is 0 Å². The Bertz CT molecular complexity index is 772. The van der Waals surface area contributed by atoms with Gasteiger partial charge in [-0.3, -0.25) is 9.52 Å². The van der Waals surface area contributed by atoms with Gasteiger partial charge in [0, 0.05) is 11.3 Å². The van der Waals surface area contributed by atoms with Crippen LogP contribution in [0.25, 0.3) is 0 Å². The number of carbonyl (C=O) groups is 1. The van der Waals surface area contributed by atoms with E-state index in [2.05, 4.69) is 10.0 Å². The SMILES string of the molecule is CCCS(=O)(=O)Nc1cccc(C(=O)NC[C@@H](O)c2ccco2)c1. The molecule has 0 bridgehead atoms. The van der Waals surface area contributed by atoms with Crippen molar-refractivity contribution in [2.24, 2.45) is 0 Å². The molecule has 130 valence electrons. The van der Waals surface area contributed by atoms with Gasteiger partial charge in [-0.1, -0.05) is 13.0 Å². The van der Waals surface area contributed by atoms with Crippen molar-refractivity contribution >= 4 is 21.6 Å². The van der Waals surface area contributed by atoms with Crippen molar-refractivity contribution in [2.45, 2.75) is 19.4 Å². The maximum atomic E-state index is 12.1. The number of benzene rings is 1. The minimum atomic E-state index is -3.42. The Morgan fingerprint density at radius 2 is 2.08 bits per heavy atom. The number of aliphatic hydroxyl groups is 1. The third-order valence-corrected chi connectivity index (χ3v) is 4.69. The fraction of sp³-hybridized carbons (Fsp3) is 0.312. The van der Waals surface area contributed by atoms with Crippen LogP contribution in [0.4, 0.5) is 5.69 Å².